The minimum absolute atomic E-state index is 0.0306. The van der Waals surface area contributed by atoms with Gasteiger partial charge in [-0.15, -0.1) is 0 Å². The van der Waals surface area contributed by atoms with Crippen molar-refractivity contribution >= 4 is 51.5 Å². The maximum absolute atomic E-state index is 13.5. The molecule has 2 aromatic rings. The standard InChI is InChI=1S/C32H40N4O3S/c1-7-13-36-27-20-28(38-6)23(18-26(27)22(3)21-32(36,4)5)19-29-30(37)35(8-2)31(40-29)33-24-9-11-25(12-10-24)34-14-16-39-17-15-34/h9-12,18-21H,7-8,13-17H2,1-6H3/b29-19+,33-31?. The van der Waals surface area contributed by atoms with Gasteiger partial charge in [0.1, 0.15) is 5.75 Å². The molecule has 2 aromatic carbocycles. The SMILES string of the molecule is CCCN1c2cc(OC)c(/C=C3/SC(=Nc4ccc(N5CCOCC5)cc4)N(CC)C3=O)cc2C(C)=CC1(C)C. The lowest BCUT2D eigenvalue weighted by atomic mass is 9.87. The molecular weight excluding hydrogens is 520 g/mol. The van der Waals surface area contributed by atoms with Crippen molar-refractivity contribution in [2.75, 3.05) is 56.3 Å². The number of hydrogen-bond donors (Lipinski definition) is 0. The van der Waals surface area contributed by atoms with Gasteiger partial charge in [0.15, 0.2) is 5.17 Å². The third kappa shape index (κ3) is 5.52. The highest BCUT2D eigenvalue weighted by atomic mass is 32.2. The second-order valence-corrected chi connectivity index (χ2v) is 11.9. The second kappa shape index (κ2) is 11.7. The number of aliphatic imine (C=N–C) groups is 1. The fourth-order valence-electron chi connectivity index (χ4n) is 5.72. The van der Waals surface area contributed by atoms with Crippen LogP contribution in [0.2, 0.25) is 0 Å². The number of likely N-dealkylation sites (N-methyl/N-ethyl adjacent to an activating group) is 1. The fraction of sp³-hybridized carbons (Fsp3) is 0.438. The summed E-state index contributed by atoms with van der Waals surface area (Å²) in [4.78, 5) is 25.5. The van der Waals surface area contributed by atoms with Gasteiger partial charge in [0.05, 0.1) is 36.5 Å². The molecule has 0 radical (unpaired) electrons. The minimum Gasteiger partial charge on any atom is -0.496 e. The number of rotatable bonds is 7. The van der Waals surface area contributed by atoms with Crippen molar-refractivity contribution in [1.82, 2.24) is 4.90 Å². The topological polar surface area (TPSA) is 57.6 Å². The van der Waals surface area contributed by atoms with Crippen LogP contribution in [0.5, 0.6) is 5.75 Å². The molecule has 0 aromatic heterocycles. The van der Waals surface area contributed by atoms with Crippen molar-refractivity contribution in [2.24, 2.45) is 4.99 Å². The molecule has 0 bridgehead atoms. The Morgan fingerprint density at radius 3 is 2.50 bits per heavy atom. The molecule has 8 heteroatoms. The minimum atomic E-state index is -0.0806. The Bertz CT molecular complexity index is 1360. The van der Waals surface area contributed by atoms with Crippen LogP contribution in [0, 0.1) is 0 Å². The molecule has 0 spiro atoms. The largest absolute Gasteiger partial charge is 0.496 e. The summed E-state index contributed by atoms with van der Waals surface area (Å²) in [6.45, 7) is 15.7. The Balaban J connectivity index is 1.45. The summed E-state index contributed by atoms with van der Waals surface area (Å²) in [7, 11) is 1.69. The van der Waals surface area contributed by atoms with E-state index < -0.39 is 0 Å². The number of amidine groups is 1. The summed E-state index contributed by atoms with van der Waals surface area (Å²) in [6, 6.07) is 12.5. The highest BCUT2D eigenvalue weighted by Crippen LogP contribution is 2.44. The number of carbonyl (C=O) groups excluding carboxylic acids is 1. The maximum atomic E-state index is 13.5. The molecule has 0 N–H and O–H groups in total. The number of benzene rings is 2. The number of hydrogen-bond acceptors (Lipinski definition) is 7. The summed E-state index contributed by atoms with van der Waals surface area (Å²) in [5.41, 5.74) is 6.40. The van der Waals surface area contributed by atoms with Gasteiger partial charge in [-0.1, -0.05) is 13.0 Å². The highest BCUT2D eigenvalue weighted by Gasteiger charge is 2.34. The number of fused-ring (bicyclic) bond motifs is 1. The Kier molecular flexibility index (Phi) is 8.29. The highest BCUT2D eigenvalue weighted by molar-refractivity contribution is 8.18. The fourth-order valence-corrected chi connectivity index (χ4v) is 6.78. The molecule has 3 heterocycles. The van der Waals surface area contributed by atoms with Crippen LogP contribution in [0.4, 0.5) is 17.1 Å². The molecule has 0 atom stereocenters. The molecular formula is C32H40N4O3S. The molecule has 3 aliphatic rings. The van der Waals surface area contributed by atoms with E-state index >= 15 is 0 Å². The predicted octanol–water partition coefficient (Wildman–Crippen LogP) is 6.57. The van der Waals surface area contributed by atoms with Crippen LogP contribution in [0.3, 0.4) is 0 Å². The van der Waals surface area contributed by atoms with Crippen LogP contribution < -0.4 is 14.5 Å². The summed E-state index contributed by atoms with van der Waals surface area (Å²) in [5.74, 6) is 0.732. The molecule has 0 unspecified atom stereocenters. The van der Waals surface area contributed by atoms with Gasteiger partial charge in [-0.25, -0.2) is 4.99 Å². The van der Waals surface area contributed by atoms with Crippen molar-refractivity contribution in [3.05, 3.63) is 58.5 Å². The zero-order valence-electron chi connectivity index (χ0n) is 24.5. The van der Waals surface area contributed by atoms with E-state index in [-0.39, 0.29) is 11.4 Å². The molecule has 40 heavy (non-hydrogen) atoms. The van der Waals surface area contributed by atoms with E-state index in [9.17, 15) is 4.79 Å². The van der Waals surface area contributed by atoms with E-state index in [1.165, 1.54) is 34.3 Å². The lowest BCUT2D eigenvalue weighted by molar-refractivity contribution is -0.122. The first-order chi connectivity index (χ1) is 19.2. The number of nitrogens with zero attached hydrogens (tertiary/aromatic N) is 4. The average Bonchev–Trinajstić information content (AvgIpc) is 3.24. The molecule has 5 rings (SSSR count). The van der Waals surface area contributed by atoms with Gasteiger partial charge in [-0.3, -0.25) is 9.69 Å². The number of morpholine rings is 1. The molecule has 7 nitrogen and oxygen atoms in total. The Labute approximate surface area is 242 Å². The average molecular weight is 561 g/mol. The normalized spacial score (nSPS) is 20.8. The number of carbonyl (C=O) groups is 1. The van der Waals surface area contributed by atoms with Crippen molar-refractivity contribution in [2.45, 2.75) is 46.6 Å². The van der Waals surface area contributed by atoms with E-state index in [1.54, 1.807) is 12.0 Å². The summed E-state index contributed by atoms with van der Waals surface area (Å²) in [6.07, 6.45) is 5.34. The molecule has 0 aliphatic carbocycles. The van der Waals surface area contributed by atoms with Crippen LogP contribution >= 0.6 is 11.8 Å². The van der Waals surface area contributed by atoms with Crippen LogP contribution in [0.25, 0.3) is 11.6 Å². The second-order valence-electron chi connectivity index (χ2n) is 10.9. The Morgan fingerprint density at radius 1 is 1.12 bits per heavy atom. The van der Waals surface area contributed by atoms with Crippen LogP contribution in [-0.2, 0) is 9.53 Å². The quantitative estimate of drug-likeness (QED) is 0.357. The summed E-state index contributed by atoms with van der Waals surface area (Å²) in [5, 5.41) is 0.696. The Hall–Kier alpha value is -3.23. The first kappa shape index (κ1) is 28.3. The van der Waals surface area contributed by atoms with Crippen LogP contribution in [0.1, 0.15) is 52.2 Å². The van der Waals surface area contributed by atoms with Crippen molar-refractivity contribution < 1.29 is 14.3 Å². The van der Waals surface area contributed by atoms with Crippen molar-refractivity contribution in [3.63, 3.8) is 0 Å². The molecule has 212 valence electrons. The zero-order chi connectivity index (χ0) is 28.4. The van der Waals surface area contributed by atoms with E-state index in [0.717, 1.165) is 56.3 Å². The molecule has 1 amide bonds. The first-order valence-electron chi connectivity index (χ1n) is 14.2. The smallest absolute Gasteiger partial charge is 0.266 e. The molecule has 2 saturated heterocycles. The number of ether oxygens (including phenoxy) is 2. The number of allylic oxidation sites excluding steroid dienone is 1. The maximum Gasteiger partial charge on any atom is 0.266 e. The monoisotopic (exact) mass is 560 g/mol. The summed E-state index contributed by atoms with van der Waals surface area (Å²) < 4.78 is 11.3. The lowest BCUT2D eigenvalue weighted by Crippen LogP contribution is -2.45. The van der Waals surface area contributed by atoms with Crippen LogP contribution in [-0.4, -0.2) is 68.0 Å². The van der Waals surface area contributed by atoms with Gasteiger partial charge in [0.2, 0.25) is 0 Å². The van der Waals surface area contributed by atoms with Gasteiger partial charge in [-0.05, 0) is 87.9 Å². The molecule has 3 aliphatic heterocycles. The lowest BCUT2D eigenvalue weighted by Gasteiger charge is -2.43. The van der Waals surface area contributed by atoms with Gasteiger partial charge >= 0.3 is 0 Å². The third-order valence-electron chi connectivity index (χ3n) is 7.72. The van der Waals surface area contributed by atoms with E-state index in [2.05, 4.69) is 67.8 Å². The number of methoxy groups -OCH3 is 1. The van der Waals surface area contributed by atoms with Gasteiger partial charge in [-0.2, -0.15) is 0 Å². The van der Waals surface area contributed by atoms with Gasteiger partial charge in [0.25, 0.3) is 5.91 Å². The van der Waals surface area contributed by atoms with E-state index in [4.69, 9.17) is 14.5 Å². The van der Waals surface area contributed by atoms with Gasteiger partial charge < -0.3 is 19.3 Å². The predicted molar refractivity (Wildman–Crippen MR) is 168 cm³/mol. The van der Waals surface area contributed by atoms with Crippen LogP contribution in [0.15, 0.2) is 52.4 Å². The van der Waals surface area contributed by atoms with Crippen molar-refractivity contribution in [3.8, 4) is 5.75 Å². The summed E-state index contributed by atoms with van der Waals surface area (Å²) >= 11 is 1.42. The first-order valence-corrected chi connectivity index (χ1v) is 15.0. The number of anilines is 2. The van der Waals surface area contributed by atoms with Gasteiger partial charge in [0, 0.05) is 54.7 Å². The third-order valence-corrected chi connectivity index (χ3v) is 8.72. The molecule has 0 saturated carbocycles. The number of amides is 1. The van der Waals surface area contributed by atoms with E-state index in [0.29, 0.717) is 16.6 Å². The zero-order valence-corrected chi connectivity index (χ0v) is 25.3. The van der Waals surface area contributed by atoms with E-state index in [1.807, 2.05) is 25.1 Å². The number of thioether (sulfide) groups is 1. The Morgan fingerprint density at radius 2 is 1.85 bits per heavy atom. The van der Waals surface area contributed by atoms with Crippen molar-refractivity contribution in [1.29, 1.82) is 0 Å². The molecule has 2 fully saturated rings.